The van der Waals surface area contributed by atoms with Gasteiger partial charge in [-0.05, 0) is 18.2 Å². The highest BCUT2D eigenvalue weighted by atomic mass is 16.1. The number of H-pyrrole nitrogens is 1. The SMILES string of the molecule is N#Cc1ccc(-c2cnc3[nH]cc(/C=C/C(N)=O)c3n2)cc1. The van der Waals surface area contributed by atoms with Crippen LogP contribution in [0.1, 0.15) is 11.1 Å². The van der Waals surface area contributed by atoms with Gasteiger partial charge in [-0.15, -0.1) is 0 Å². The van der Waals surface area contributed by atoms with Gasteiger partial charge in [-0.2, -0.15) is 5.26 Å². The number of aromatic nitrogens is 3. The summed E-state index contributed by atoms with van der Waals surface area (Å²) < 4.78 is 0. The van der Waals surface area contributed by atoms with Crippen LogP contribution in [0.5, 0.6) is 0 Å². The second-order valence-electron chi connectivity index (χ2n) is 4.62. The van der Waals surface area contributed by atoms with Gasteiger partial charge < -0.3 is 10.7 Å². The zero-order chi connectivity index (χ0) is 15.5. The van der Waals surface area contributed by atoms with Gasteiger partial charge in [-0.1, -0.05) is 12.1 Å². The summed E-state index contributed by atoms with van der Waals surface area (Å²) in [5.74, 6) is -0.523. The van der Waals surface area contributed by atoms with Crippen LogP contribution in [0.3, 0.4) is 0 Å². The minimum absolute atomic E-state index is 0.523. The average Bonchev–Trinajstić information content (AvgIpc) is 2.95. The molecule has 0 saturated carbocycles. The summed E-state index contributed by atoms with van der Waals surface area (Å²) in [4.78, 5) is 22.7. The van der Waals surface area contributed by atoms with Crippen LogP contribution in [0.15, 0.2) is 42.7 Å². The molecule has 0 aliphatic rings. The van der Waals surface area contributed by atoms with E-state index >= 15 is 0 Å². The van der Waals surface area contributed by atoms with E-state index in [9.17, 15) is 4.79 Å². The number of fused-ring (bicyclic) bond motifs is 1. The standard InChI is InChI=1S/C16H11N5O/c17-7-10-1-3-11(4-2-10)13-9-20-16-15(21-13)12(8-19-16)5-6-14(18)22/h1-6,8-9H,(H2,18,22)(H,19,20)/b6-5+. The number of carbonyl (C=O) groups is 1. The molecule has 6 heteroatoms. The van der Waals surface area contributed by atoms with Gasteiger partial charge >= 0.3 is 0 Å². The Bertz CT molecular complexity index is 916. The van der Waals surface area contributed by atoms with Crippen molar-refractivity contribution in [2.24, 2.45) is 5.73 Å². The first-order valence-electron chi connectivity index (χ1n) is 6.49. The molecular formula is C16H11N5O. The number of benzene rings is 1. The third-order valence-electron chi connectivity index (χ3n) is 3.15. The molecular weight excluding hydrogens is 278 g/mol. The predicted molar refractivity (Wildman–Crippen MR) is 82.3 cm³/mol. The molecule has 0 fully saturated rings. The highest BCUT2D eigenvalue weighted by molar-refractivity contribution is 5.93. The van der Waals surface area contributed by atoms with Gasteiger partial charge in [0.1, 0.15) is 5.52 Å². The van der Waals surface area contributed by atoms with Crippen molar-refractivity contribution in [1.29, 1.82) is 5.26 Å². The van der Waals surface area contributed by atoms with E-state index in [1.54, 1.807) is 30.6 Å². The van der Waals surface area contributed by atoms with Crippen LogP contribution in [0.4, 0.5) is 0 Å². The van der Waals surface area contributed by atoms with E-state index in [1.165, 1.54) is 6.08 Å². The third-order valence-corrected chi connectivity index (χ3v) is 3.15. The smallest absolute Gasteiger partial charge is 0.241 e. The molecule has 106 valence electrons. The number of hydrogen-bond donors (Lipinski definition) is 2. The molecule has 22 heavy (non-hydrogen) atoms. The van der Waals surface area contributed by atoms with Crippen LogP contribution in [0, 0.1) is 11.3 Å². The van der Waals surface area contributed by atoms with Gasteiger partial charge in [0.05, 0.1) is 23.5 Å². The van der Waals surface area contributed by atoms with E-state index in [2.05, 4.69) is 21.0 Å². The molecule has 0 radical (unpaired) electrons. The molecule has 0 aliphatic heterocycles. The molecule has 0 bridgehead atoms. The van der Waals surface area contributed by atoms with Crippen LogP contribution in [-0.2, 0) is 4.79 Å². The Hall–Kier alpha value is -3.46. The lowest BCUT2D eigenvalue weighted by Crippen LogP contribution is -2.05. The fraction of sp³-hybridized carbons (Fsp3) is 0. The normalized spacial score (nSPS) is 10.9. The molecule has 3 rings (SSSR count). The summed E-state index contributed by atoms with van der Waals surface area (Å²) >= 11 is 0. The molecule has 2 heterocycles. The number of amides is 1. The molecule has 0 unspecified atom stereocenters. The van der Waals surface area contributed by atoms with Crippen LogP contribution in [0.2, 0.25) is 0 Å². The second-order valence-corrected chi connectivity index (χ2v) is 4.62. The molecule has 1 aromatic carbocycles. The minimum Gasteiger partial charge on any atom is -0.366 e. The highest BCUT2D eigenvalue weighted by Crippen LogP contribution is 2.22. The van der Waals surface area contributed by atoms with Gasteiger partial charge in [-0.3, -0.25) is 4.79 Å². The Morgan fingerprint density at radius 2 is 2.09 bits per heavy atom. The third kappa shape index (κ3) is 2.55. The maximum absolute atomic E-state index is 10.8. The van der Waals surface area contributed by atoms with Crippen molar-refractivity contribution in [3.8, 4) is 17.3 Å². The lowest BCUT2D eigenvalue weighted by molar-refractivity contribution is -0.113. The van der Waals surface area contributed by atoms with Crippen molar-refractivity contribution < 1.29 is 4.79 Å². The molecule has 0 spiro atoms. The van der Waals surface area contributed by atoms with Crippen molar-refractivity contribution >= 4 is 23.1 Å². The number of nitrogens with zero attached hydrogens (tertiary/aromatic N) is 3. The number of primary amides is 1. The van der Waals surface area contributed by atoms with Crippen molar-refractivity contribution in [2.75, 3.05) is 0 Å². The molecule has 3 N–H and O–H groups in total. The highest BCUT2D eigenvalue weighted by Gasteiger charge is 2.07. The number of nitrogens with two attached hydrogens (primary N) is 1. The van der Waals surface area contributed by atoms with Gasteiger partial charge in [0.2, 0.25) is 5.91 Å². The molecule has 0 atom stereocenters. The fourth-order valence-electron chi connectivity index (χ4n) is 2.06. The number of aromatic amines is 1. The first-order valence-corrected chi connectivity index (χ1v) is 6.49. The molecule has 6 nitrogen and oxygen atoms in total. The number of carbonyl (C=O) groups excluding carboxylic acids is 1. The van der Waals surface area contributed by atoms with E-state index in [0.29, 0.717) is 22.4 Å². The van der Waals surface area contributed by atoms with E-state index < -0.39 is 5.91 Å². The van der Waals surface area contributed by atoms with Crippen molar-refractivity contribution in [3.63, 3.8) is 0 Å². The van der Waals surface area contributed by atoms with Crippen molar-refractivity contribution in [1.82, 2.24) is 15.0 Å². The van der Waals surface area contributed by atoms with E-state index in [1.807, 2.05) is 12.1 Å². The number of nitriles is 1. The predicted octanol–water partition coefficient (Wildman–Crippen LogP) is 2.00. The van der Waals surface area contributed by atoms with Gasteiger partial charge in [0.25, 0.3) is 0 Å². The number of rotatable bonds is 3. The Morgan fingerprint density at radius 1 is 1.32 bits per heavy atom. The molecule has 0 saturated heterocycles. The second kappa shape index (κ2) is 5.50. The summed E-state index contributed by atoms with van der Waals surface area (Å²) in [5.41, 5.74) is 9.25. The number of nitrogens with one attached hydrogen (secondary N) is 1. The minimum atomic E-state index is -0.523. The topological polar surface area (TPSA) is 108 Å². The van der Waals surface area contributed by atoms with Gasteiger partial charge in [-0.25, -0.2) is 9.97 Å². The summed E-state index contributed by atoms with van der Waals surface area (Å²) in [6.45, 7) is 0. The van der Waals surface area contributed by atoms with Crippen LogP contribution in [0.25, 0.3) is 28.5 Å². The Kier molecular flexibility index (Phi) is 3.38. The first kappa shape index (κ1) is 13.5. The Balaban J connectivity index is 2.06. The van der Waals surface area contributed by atoms with Gasteiger partial charge in [0.15, 0.2) is 5.65 Å². The van der Waals surface area contributed by atoms with Crippen LogP contribution in [-0.4, -0.2) is 20.9 Å². The number of hydrogen-bond acceptors (Lipinski definition) is 4. The van der Waals surface area contributed by atoms with E-state index in [-0.39, 0.29) is 0 Å². The van der Waals surface area contributed by atoms with Crippen molar-refractivity contribution in [2.45, 2.75) is 0 Å². The van der Waals surface area contributed by atoms with Gasteiger partial charge in [0, 0.05) is 23.4 Å². The lowest BCUT2D eigenvalue weighted by Gasteiger charge is -2.01. The molecule has 0 aliphatic carbocycles. The fourth-order valence-corrected chi connectivity index (χ4v) is 2.06. The maximum Gasteiger partial charge on any atom is 0.241 e. The summed E-state index contributed by atoms with van der Waals surface area (Å²) in [5, 5.41) is 8.83. The zero-order valence-electron chi connectivity index (χ0n) is 11.4. The monoisotopic (exact) mass is 289 g/mol. The zero-order valence-corrected chi connectivity index (χ0v) is 11.4. The first-order chi connectivity index (χ1) is 10.7. The Morgan fingerprint density at radius 3 is 2.77 bits per heavy atom. The maximum atomic E-state index is 10.8. The Labute approximate surface area is 125 Å². The van der Waals surface area contributed by atoms with E-state index in [4.69, 9.17) is 11.0 Å². The largest absolute Gasteiger partial charge is 0.366 e. The average molecular weight is 289 g/mol. The summed E-state index contributed by atoms with van der Waals surface area (Å²) in [6, 6.07) is 9.17. The van der Waals surface area contributed by atoms with Crippen LogP contribution >= 0.6 is 0 Å². The summed E-state index contributed by atoms with van der Waals surface area (Å²) in [7, 11) is 0. The van der Waals surface area contributed by atoms with E-state index in [0.717, 1.165) is 11.1 Å². The lowest BCUT2D eigenvalue weighted by atomic mass is 10.1. The van der Waals surface area contributed by atoms with Crippen LogP contribution < -0.4 is 5.73 Å². The quantitative estimate of drug-likeness (QED) is 0.718. The molecule has 1 amide bonds. The summed E-state index contributed by atoms with van der Waals surface area (Å²) in [6.07, 6.45) is 6.24. The molecule has 2 aromatic heterocycles. The molecule has 3 aromatic rings. The van der Waals surface area contributed by atoms with Crippen molar-refractivity contribution in [3.05, 3.63) is 53.9 Å².